The number of carbonyl (C=O) groups is 2. The predicted octanol–water partition coefficient (Wildman–Crippen LogP) is 11.9. The summed E-state index contributed by atoms with van der Waals surface area (Å²) < 4.78 is 38.5. The highest BCUT2D eigenvalue weighted by Crippen LogP contribution is 2.43. The van der Waals surface area contributed by atoms with Crippen LogP contribution in [-0.4, -0.2) is 61.5 Å². The lowest BCUT2D eigenvalue weighted by atomic mass is 10.0. The minimum absolute atomic E-state index is 0.0442. The third kappa shape index (κ3) is 34.3. The fourth-order valence-corrected chi connectivity index (χ4v) is 7.20. The maximum absolute atomic E-state index is 12.6. The summed E-state index contributed by atoms with van der Waals surface area (Å²) in [5, 5.41) is 0. The van der Waals surface area contributed by atoms with E-state index in [0.29, 0.717) is 12.8 Å². The lowest BCUT2D eigenvalue weighted by Gasteiger charge is -2.19. The smallest absolute Gasteiger partial charge is 0.462 e. The van der Waals surface area contributed by atoms with Crippen LogP contribution in [0, 0.1) is 0 Å². The van der Waals surface area contributed by atoms with Crippen LogP contribution in [0.1, 0.15) is 194 Å². The van der Waals surface area contributed by atoms with Crippen LogP contribution in [0.3, 0.4) is 0 Å². The van der Waals surface area contributed by atoms with E-state index >= 15 is 0 Å². The molecular weight excluding hydrogens is 729 g/mol. The van der Waals surface area contributed by atoms with E-state index in [0.717, 1.165) is 44.9 Å². The van der Waals surface area contributed by atoms with Crippen LogP contribution in [0.4, 0.5) is 0 Å². The van der Waals surface area contributed by atoms with E-state index in [1.54, 1.807) is 0 Å². The number of unbranched alkanes of at least 4 members (excludes halogenated alkanes) is 20. The number of phosphoric acid groups is 1. The summed E-state index contributed by atoms with van der Waals surface area (Å²) in [7, 11) is -4.39. The van der Waals surface area contributed by atoms with Gasteiger partial charge in [-0.3, -0.25) is 18.6 Å². The Hall–Kier alpha value is -1.81. The largest absolute Gasteiger partial charge is 0.472 e. The Morgan fingerprint density at radius 1 is 0.625 bits per heavy atom. The topological polar surface area (TPSA) is 147 Å². The molecule has 0 aliphatic carbocycles. The fraction of sp³-hybridized carbons (Fsp3) is 0.822. The molecule has 0 radical (unpaired) electrons. The van der Waals surface area contributed by atoms with Gasteiger partial charge in [0.15, 0.2) is 6.10 Å². The average Bonchev–Trinajstić information content (AvgIpc) is 3.94. The predicted molar refractivity (Wildman–Crippen MR) is 228 cm³/mol. The van der Waals surface area contributed by atoms with Gasteiger partial charge in [0.2, 0.25) is 0 Å². The molecule has 0 aromatic heterocycles. The van der Waals surface area contributed by atoms with E-state index in [1.807, 2.05) is 0 Å². The van der Waals surface area contributed by atoms with E-state index in [-0.39, 0.29) is 44.8 Å². The van der Waals surface area contributed by atoms with Gasteiger partial charge in [0.1, 0.15) is 6.61 Å². The molecule has 1 aliphatic rings. The molecule has 326 valence electrons. The minimum atomic E-state index is -4.39. The van der Waals surface area contributed by atoms with Crippen molar-refractivity contribution < 1.29 is 42.3 Å². The van der Waals surface area contributed by atoms with Gasteiger partial charge in [-0.1, -0.05) is 166 Å². The number of hydrogen-bond acceptors (Lipinski definition) is 9. The van der Waals surface area contributed by atoms with Crippen LogP contribution in [0.2, 0.25) is 0 Å². The van der Waals surface area contributed by atoms with E-state index in [2.05, 4.69) is 50.3 Å². The first kappa shape index (κ1) is 52.2. The Balaban J connectivity index is 2.20. The maximum Gasteiger partial charge on any atom is 0.472 e. The standard InChI is InChI=1S/C45H82NO9P/c1-3-5-7-9-11-13-14-15-16-17-18-19-20-22-24-26-32-36-45(48)54-41(40-53-56(49,50)52-38-37-46)39-51-44(47)35-31-28-27-30-34-43-42(55-43)33-29-25-23-21-12-10-8-6-4-2/h12,21,25,27,29-30,41-43H,3-11,13-20,22-24,26,28,31-40,46H2,1-2H3,(H,49,50)/b21-12-,29-25-,30-27-/t41-,42?,43?/m1/s1. The molecule has 0 amide bonds. The highest BCUT2D eigenvalue weighted by molar-refractivity contribution is 7.47. The van der Waals surface area contributed by atoms with Crippen molar-refractivity contribution in [2.24, 2.45) is 5.73 Å². The number of phosphoric ester groups is 1. The zero-order chi connectivity index (χ0) is 40.8. The Bertz CT molecular complexity index is 1080. The van der Waals surface area contributed by atoms with Crippen LogP contribution in [-0.2, 0) is 37.4 Å². The molecule has 56 heavy (non-hydrogen) atoms. The Morgan fingerprint density at radius 3 is 1.70 bits per heavy atom. The van der Waals surface area contributed by atoms with Crippen LogP contribution < -0.4 is 5.73 Å². The molecule has 1 saturated heterocycles. The van der Waals surface area contributed by atoms with Crippen molar-refractivity contribution in [1.29, 1.82) is 0 Å². The number of ether oxygens (including phenoxy) is 3. The monoisotopic (exact) mass is 812 g/mol. The van der Waals surface area contributed by atoms with E-state index in [1.165, 1.54) is 109 Å². The molecule has 1 rings (SSSR count). The molecule has 10 nitrogen and oxygen atoms in total. The van der Waals surface area contributed by atoms with Gasteiger partial charge in [-0.2, -0.15) is 0 Å². The van der Waals surface area contributed by atoms with Crippen molar-refractivity contribution in [3.8, 4) is 0 Å². The Labute approximate surface area is 341 Å². The van der Waals surface area contributed by atoms with Crippen molar-refractivity contribution in [2.75, 3.05) is 26.4 Å². The van der Waals surface area contributed by atoms with Crippen molar-refractivity contribution in [1.82, 2.24) is 0 Å². The highest BCUT2D eigenvalue weighted by atomic mass is 31.2. The van der Waals surface area contributed by atoms with Crippen molar-refractivity contribution in [2.45, 2.75) is 212 Å². The summed E-state index contributed by atoms with van der Waals surface area (Å²) in [6.07, 6.45) is 43.4. The number of rotatable bonds is 41. The van der Waals surface area contributed by atoms with Gasteiger partial charge in [0, 0.05) is 19.4 Å². The van der Waals surface area contributed by atoms with Gasteiger partial charge < -0.3 is 24.8 Å². The Morgan fingerprint density at radius 2 is 1.11 bits per heavy atom. The Kier molecular flexibility index (Phi) is 34.9. The number of carbonyl (C=O) groups excluding carboxylic acids is 2. The van der Waals surface area contributed by atoms with Crippen LogP contribution >= 0.6 is 7.82 Å². The second-order valence-electron chi connectivity index (χ2n) is 15.3. The quantitative estimate of drug-likeness (QED) is 0.0201. The first-order valence-corrected chi connectivity index (χ1v) is 24.1. The van der Waals surface area contributed by atoms with E-state index in [4.69, 9.17) is 29.0 Å². The molecule has 0 spiro atoms. The maximum atomic E-state index is 12.6. The summed E-state index contributed by atoms with van der Waals surface area (Å²) in [6, 6.07) is 0. The zero-order valence-electron chi connectivity index (χ0n) is 35.6. The van der Waals surface area contributed by atoms with Gasteiger partial charge in [-0.15, -0.1) is 0 Å². The summed E-state index contributed by atoms with van der Waals surface area (Å²) >= 11 is 0. The number of nitrogens with two attached hydrogens (primary N) is 1. The molecule has 0 aromatic rings. The van der Waals surface area contributed by atoms with Gasteiger partial charge in [0.05, 0.1) is 25.4 Å². The van der Waals surface area contributed by atoms with Gasteiger partial charge in [0.25, 0.3) is 0 Å². The number of hydrogen-bond donors (Lipinski definition) is 2. The van der Waals surface area contributed by atoms with E-state index in [9.17, 15) is 19.0 Å². The molecule has 11 heteroatoms. The van der Waals surface area contributed by atoms with E-state index < -0.39 is 32.5 Å². The second kappa shape index (κ2) is 37.5. The molecule has 1 heterocycles. The highest BCUT2D eigenvalue weighted by Gasteiger charge is 2.36. The first-order chi connectivity index (χ1) is 27.3. The molecule has 0 aromatic carbocycles. The number of esters is 2. The number of allylic oxidation sites excluding steroid dienone is 4. The van der Waals surface area contributed by atoms with Crippen molar-refractivity contribution in [3.05, 3.63) is 36.5 Å². The van der Waals surface area contributed by atoms with Gasteiger partial charge in [-0.05, 0) is 51.4 Å². The number of epoxide rings is 1. The van der Waals surface area contributed by atoms with Crippen LogP contribution in [0.25, 0.3) is 0 Å². The second-order valence-corrected chi connectivity index (χ2v) is 16.8. The van der Waals surface area contributed by atoms with Gasteiger partial charge in [-0.25, -0.2) is 4.57 Å². The SMILES string of the molecule is CCCCC/C=C\C/C=C\CC1OC1C/C=C\CCCC(=O)OC[C@H](COP(=O)(O)OCCN)OC(=O)CCCCCCCCCCCCCCCCCCC. The lowest BCUT2D eigenvalue weighted by molar-refractivity contribution is -0.161. The van der Waals surface area contributed by atoms with Crippen molar-refractivity contribution >= 4 is 19.8 Å². The summed E-state index contributed by atoms with van der Waals surface area (Å²) in [5.74, 6) is -0.896. The molecule has 0 bridgehead atoms. The third-order valence-electron chi connectivity index (χ3n) is 9.93. The third-order valence-corrected chi connectivity index (χ3v) is 10.9. The zero-order valence-corrected chi connectivity index (χ0v) is 36.5. The summed E-state index contributed by atoms with van der Waals surface area (Å²) in [4.78, 5) is 34.9. The fourth-order valence-electron chi connectivity index (χ4n) is 6.43. The lowest BCUT2D eigenvalue weighted by Crippen LogP contribution is -2.29. The molecule has 4 atom stereocenters. The molecule has 1 fully saturated rings. The molecule has 1 aliphatic heterocycles. The molecule has 3 N–H and O–H groups in total. The summed E-state index contributed by atoms with van der Waals surface area (Å²) in [5.41, 5.74) is 5.35. The van der Waals surface area contributed by atoms with Crippen LogP contribution in [0.15, 0.2) is 36.5 Å². The molecular formula is C45H82NO9P. The average molecular weight is 812 g/mol. The molecule has 3 unspecified atom stereocenters. The summed E-state index contributed by atoms with van der Waals surface area (Å²) in [6.45, 7) is 3.64. The van der Waals surface area contributed by atoms with Gasteiger partial charge >= 0.3 is 19.8 Å². The normalized spacial score (nSPS) is 17.2. The first-order valence-electron chi connectivity index (χ1n) is 22.6. The minimum Gasteiger partial charge on any atom is -0.462 e. The molecule has 0 saturated carbocycles. The van der Waals surface area contributed by atoms with Crippen LogP contribution in [0.5, 0.6) is 0 Å². The van der Waals surface area contributed by atoms with Crippen molar-refractivity contribution in [3.63, 3.8) is 0 Å².